The van der Waals surface area contributed by atoms with Crippen molar-refractivity contribution in [2.24, 2.45) is 7.05 Å². The maximum absolute atomic E-state index is 2.55. The molecule has 6 rings (SSSR count). The maximum Gasteiger partial charge on any atom is 0.293 e. The molecule has 0 aliphatic heterocycles. The lowest BCUT2D eigenvalue weighted by Gasteiger charge is -2.30. The van der Waals surface area contributed by atoms with Crippen molar-refractivity contribution in [3.63, 3.8) is 0 Å². The third-order valence-electron chi connectivity index (χ3n) is 8.67. The molecule has 4 aromatic rings. The molecule has 2 nitrogen and oxygen atoms in total. The molecule has 1 aromatic heterocycles. The van der Waals surface area contributed by atoms with Crippen LogP contribution in [0.2, 0.25) is 0 Å². The van der Waals surface area contributed by atoms with Crippen LogP contribution in [0, 0.1) is 0 Å². The highest BCUT2D eigenvalue weighted by Gasteiger charge is 2.33. The van der Waals surface area contributed by atoms with Crippen LogP contribution in [0.3, 0.4) is 0 Å². The quantitative estimate of drug-likeness (QED) is 0.255. The standard InChI is InChI=1S/C34H39N2/c1-35-24-25-36(34(35)29-20-12-5-13-21-29)33-31(27-16-8-3-9-17-27)23-22-30(26-14-6-2-7-15-26)32(33)28-18-10-4-11-19-28/h2,5-7,12-15,20-25,27-28H,3-4,8-11,16-19H2,1H3/q+1. The predicted octanol–water partition coefficient (Wildman–Crippen LogP) is 8.73. The fourth-order valence-electron chi connectivity index (χ4n) is 6.90. The molecular weight excluding hydrogens is 436 g/mol. The van der Waals surface area contributed by atoms with E-state index in [0.29, 0.717) is 11.8 Å². The Balaban J connectivity index is 1.65. The maximum atomic E-state index is 2.55. The lowest BCUT2D eigenvalue weighted by molar-refractivity contribution is -0.659. The van der Waals surface area contributed by atoms with Crippen LogP contribution < -0.4 is 4.57 Å². The van der Waals surface area contributed by atoms with Gasteiger partial charge in [-0.15, -0.1) is 0 Å². The van der Waals surface area contributed by atoms with Crippen LogP contribution in [0.25, 0.3) is 28.2 Å². The highest BCUT2D eigenvalue weighted by molar-refractivity contribution is 5.75. The predicted molar refractivity (Wildman–Crippen MR) is 149 cm³/mol. The zero-order valence-corrected chi connectivity index (χ0v) is 21.7. The second-order valence-electron chi connectivity index (χ2n) is 11.0. The Hall–Kier alpha value is -3.13. The molecule has 0 amide bonds. The van der Waals surface area contributed by atoms with Crippen molar-refractivity contribution in [3.8, 4) is 28.2 Å². The summed E-state index contributed by atoms with van der Waals surface area (Å²) < 4.78 is 4.86. The van der Waals surface area contributed by atoms with Gasteiger partial charge in [-0.3, -0.25) is 0 Å². The average molecular weight is 476 g/mol. The van der Waals surface area contributed by atoms with Gasteiger partial charge >= 0.3 is 0 Å². The van der Waals surface area contributed by atoms with E-state index in [2.05, 4.69) is 101 Å². The zero-order valence-electron chi connectivity index (χ0n) is 21.7. The first-order valence-corrected chi connectivity index (χ1v) is 14.2. The number of rotatable bonds is 5. The summed E-state index contributed by atoms with van der Waals surface area (Å²) in [4.78, 5) is 0. The van der Waals surface area contributed by atoms with Crippen molar-refractivity contribution in [2.45, 2.75) is 76.0 Å². The van der Waals surface area contributed by atoms with Crippen LogP contribution in [0.4, 0.5) is 0 Å². The van der Waals surface area contributed by atoms with E-state index < -0.39 is 0 Å². The van der Waals surface area contributed by atoms with Gasteiger partial charge in [0.15, 0.2) is 0 Å². The second kappa shape index (κ2) is 10.5. The lowest BCUT2D eigenvalue weighted by atomic mass is 9.75. The molecule has 0 radical (unpaired) electrons. The smallest absolute Gasteiger partial charge is 0.232 e. The molecule has 3 aromatic carbocycles. The summed E-state index contributed by atoms with van der Waals surface area (Å²) in [7, 11) is 2.19. The average Bonchev–Trinajstić information content (AvgIpc) is 3.35. The van der Waals surface area contributed by atoms with Crippen molar-refractivity contribution < 1.29 is 4.57 Å². The van der Waals surface area contributed by atoms with Crippen LogP contribution in [0.5, 0.6) is 0 Å². The topological polar surface area (TPSA) is 8.81 Å². The Bertz CT molecular complexity index is 1290. The van der Waals surface area contributed by atoms with Crippen molar-refractivity contribution in [2.75, 3.05) is 0 Å². The van der Waals surface area contributed by atoms with Gasteiger partial charge < -0.3 is 0 Å². The molecule has 184 valence electrons. The fourth-order valence-corrected chi connectivity index (χ4v) is 6.90. The first-order valence-electron chi connectivity index (χ1n) is 14.2. The van der Waals surface area contributed by atoms with Gasteiger partial charge in [0.1, 0.15) is 18.1 Å². The zero-order chi connectivity index (χ0) is 24.3. The lowest BCUT2D eigenvalue weighted by Crippen LogP contribution is -2.29. The molecule has 2 heteroatoms. The minimum Gasteiger partial charge on any atom is -0.232 e. The highest BCUT2D eigenvalue weighted by Crippen LogP contribution is 2.46. The highest BCUT2D eigenvalue weighted by atomic mass is 15.1. The third-order valence-corrected chi connectivity index (χ3v) is 8.67. The van der Waals surface area contributed by atoms with Crippen LogP contribution >= 0.6 is 0 Å². The van der Waals surface area contributed by atoms with Gasteiger partial charge in [-0.2, -0.15) is 4.57 Å². The summed E-state index contributed by atoms with van der Waals surface area (Å²) in [6, 6.07) is 27.1. The Morgan fingerprint density at radius 1 is 0.639 bits per heavy atom. The summed E-state index contributed by atoms with van der Waals surface area (Å²) in [6.07, 6.45) is 18.0. The van der Waals surface area contributed by atoms with Crippen molar-refractivity contribution in [3.05, 3.63) is 96.3 Å². The molecule has 36 heavy (non-hydrogen) atoms. The van der Waals surface area contributed by atoms with E-state index in [4.69, 9.17) is 0 Å². The fraction of sp³-hybridized carbons (Fsp3) is 0.382. The second-order valence-corrected chi connectivity index (χ2v) is 11.0. The molecule has 0 N–H and O–H groups in total. The first-order chi connectivity index (χ1) is 17.8. The minimum absolute atomic E-state index is 0.615. The van der Waals surface area contributed by atoms with E-state index in [9.17, 15) is 0 Å². The number of hydrogen-bond donors (Lipinski definition) is 0. The molecule has 2 aliphatic carbocycles. The molecule has 0 spiro atoms. The Labute approximate surface area is 216 Å². The molecule has 2 fully saturated rings. The van der Waals surface area contributed by atoms with Gasteiger partial charge in [-0.25, -0.2) is 4.57 Å². The van der Waals surface area contributed by atoms with Crippen molar-refractivity contribution >= 4 is 0 Å². The van der Waals surface area contributed by atoms with E-state index in [-0.39, 0.29) is 0 Å². The number of nitrogens with zero attached hydrogens (tertiary/aromatic N) is 2. The van der Waals surface area contributed by atoms with Crippen LogP contribution in [-0.2, 0) is 7.05 Å². The summed E-state index contributed by atoms with van der Waals surface area (Å²) >= 11 is 0. The number of aromatic nitrogens is 2. The summed E-state index contributed by atoms with van der Waals surface area (Å²) in [5, 5.41) is 0. The van der Waals surface area contributed by atoms with Gasteiger partial charge in [0.25, 0.3) is 5.82 Å². The third kappa shape index (κ3) is 4.43. The molecule has 0 atom stereocenters. The number of aryl methyl sites for hydroxylation is 1. The Kier molecular flexibility index (Phi) is 6.77. The van der Waals surface area contributed by atoms with Crippen molar-refractivity contribution in [1.29, 1.82) is 0 Å². The number of benzene rings is 3. The summed E-state index contributed by atoms with van der Waals surface area (Å²) in [5.41, 5.74) is 8.72. The van der Waals surface area contributed by atoms with Crippen molar-refractivity contribution in [1.82, 2.24) is 4.57 Å². The minimum atomic E-state index is 0.615. The monoisotopic (exact) mass is 475 g/mol. The Morgan fingerprint density at radius 3 is 1.86 bits per heavy atom. The largest absolute Gasteiger partial charge is 0.293 e. The van der Waals surface area contributed by atoms with E-state index in [0.717, 1.165) is 0 Å². The molecule has 0 saturated heterocycles. The summed E-state index contributed by atoms with van der Waals surface area (Å²) in [5.74, 6) is 2.54. The number of hydrogen-bond acceptors (Lipinski definition) is 0. The van der Waals surface area contributed by atoms with Crippen LogP contribution in [0.1, 0.15) is 87.2 Å². The van der Waals surface area contributed by atoms with E-state index in [1.54, 1.807) is 11.1 Å². The molecule has 1 heterocycles. The normalized spacial score (nSPS) is 17.4. The first kappa shape index (κ1) is 23.3. The summed E-state index contributed by atoms with van der Waals surface area (Å²) in [6.45, 7) is 0. The molecular formula is C34H39N2+. The van der Waals surface area contributed by atoms with Gasteiger partial charge in [-0.1, -0.05) is 99.2 Å². The molecule has 2 aliphatic rings. The van der Waals surface area contributed by atoms with Gasteiger partial charge in [0.05, 0.1) is 12.6 Å². The van der Waals surface area contributed by atoms with E-state index >= 15 is 0 Å². The Morgan fingerprint density at radius 2 is 1.22 bits per heavy atom. The van der Waals surface area contributed by atoms with Crippen LogP contribution in [0.15, 0.2) is 85.2 Å². The molecule has 2 saturated carbocycles. The van der Waals surface area contributed by atoms with E-state index in [1.165, 1.54) is 92.4 Å². The molecule has 0 unspecified atom stereocenters. The van der Waals surface area contributed by atoms with Crippen LogP contribution in [-0.4, -0.2) is 4.57 Å². The van der Waals surface area contributed by atoms with E-state index in [1.807, 2.05) is 0 Å². The van der Waals surface area contributed by atoms with Gasteiger partial charge in [0, 0.05) is 11.1 Å². The van der Waals surface area contributed by atoms with Gasteiger partial charge in [0.2, 0.25) is 0 Å². The SMILES string of the molecule is C[n+]1ccn(-c2c(C3CCCCC3)ccc(-c3ccccc3)c2C2CCCCC2)c1-c1ccccc1. The number of imidazole rings is 1. The molecule has 0 bridgehead atoms. The van der Waals surface area contributed by atoms with Gasteiger partial charge in [-0.05, 0) is 60.8 Å².